The van der Waals surface area contributed by atoms with E-state index in [4.69, 9.17) is 0 Å². The molecule has 0 aliphatic rings. The Morgan fingerprint density at radius 2 is 1.48 bits per heavy atom. The van der Waals surface area contributed by atoms with E-state index in [0.29, 0.717) is 6.54 Å². The van der Waals surface area contributed by atoms with E-state index in [0.717, 1.165) is 6.42 Å². The standard InChI is InChI=1S/C13H22NO2.3C4H9.Sn/c1-5-9-14-12(15)8-7-11(4)13(16)10(3)6-2;3*1-3-4-2;/h1,5,7-8,10-11,13,16H,6,9H2,2-4H3,(H,14,15);3*1,3-4H2,2H3;/b5-1?,8-7+;;;;/t10-,11-,13-;;;;/m1..../s1. The molecule has 0 bridgehead atoms. The average molecular weight is 514 g/mol. The number of hydrogen-bond acceptors (Lipinski definition) is 2. The molecular formula is C25H49NO2Sn. The molecular weight excluding hydrogens is 465 g/mol. The van der Waals surface area contributed by atoms with Gasteiger partial charge in [-0.3, -0.25) is 0 Å². The number of unbranched alkanes of at least 4 members (excludes halogenated alkanes) is 3. The number of hydrogen-bond donors (Lipinski definition) is 2. The van der Waals surface area contributed by atoms with Crippen molar-refractivity contribution in [3.8, 4) is 0 Å². The topological polar surface area (TPSA) is 49.3 Å². The van der Waals surface area contributed by atoms with E-state index in [2.05, 4.69) is 43.2 Å². The molecule has 0 aromatic carbocycles. The second-order valence-electron chi connectivity index (χ2n) is 8.91. The third kappa shape index (κ3) is 12.9. The van der Waals surface area contributed by atoms with E-state index in [1.807, 2.05) is 19.9 Å². The van der Waals surface area contributed by atoms with Crippen LogP contribution in [-0.2, 0) is 4.79 Å². The normalized spacial score (nSPS) is 15.7. The second-order valence-corrected chi connectivity index (χ2v) is 21.9. The first kappa shape index (κ1) is 28.7. The molecule has 3 nitrogen and oxygen atoms in total. The summed E-state index contributed by atoms with van der Waals surface area (Å²) in [5, 5.41) is 13.2. The molecule has 0 aromatic rings. The van der Waals surface area contributed by atoms with Crippen LogP contribution in [0, 0.1) is 11.8 Å². The Bertz CT molecular complexity index is 454. The Labute approximate surface area is 185 Å². The number of aliphatic hydroxyl groups is 1. The Morgan fingerprint density at radius 1 is 0.966 bits per heavy atom. The van der Waals surface area contributed by atoms with Crippen LogP contribution >= 0.6 is 0 Å². The van der Waals surface area contributed by atoms with Crippen LogP contribution in [0.1, 0.15) is 86.5 Å². The van der Waals surface area contributed by atoms with Crippen molar-refractivity contribution in [3.05, 3.63) is 22.3 Å². The number of amides is 1. The average Bonchev–Trinajstić information content (AvgIpc) is 2.74. The summed E-state index contributed by atoms with van der Waals surface area (Å²) in [6, 6.07) is 0. The van der Waals surface area contributed by atoms with Gasteiger partial charge in [0.2, 0.25) is 0 Å². The summed E-state index contributed by atoms with van der Waals surface area (Å²) in [5.74, 6) is 0.178. The van der Waals surface area contributed by atoms with Crippen molar-refractivity contribution in [3.63, 3.8) is 0 Å². The van der Waals surface area contributed by atoms with E-state index < -0.39 is 24.5 Å². The van der Waals surface area contributed by atoms with Crippen molar-refractivity contribution in [2.45, 2.75) is 106 Å². The van der Waals surface area contributed by atoms with Gasteiger partial charge < -0.3 is 0 Å². The molecule has 0 rings (SSSR count). The molecule has 0 aliphatic heterocycles. The van der Waals surface area contributed by atoms with Gasteiger partial charge >= 0.3 is 186 Å². The van der Waals surface area contributed by atoms with E-state index in [1.54, 1.807) is 6.08 Å². The van der Waals surface area contributed by atoms with Crippen molar-refractivity contribution in [2.75, 3.05) is 6.54 Å². The fraction of sp³-hybridized carbons (Fsp3) is 0.800. The van der Waals surface area contributed by atoms with Gasteiger partial charge in [0.1, 0.15) is 0 Å². The third-order valence-electron chi connectivity index (χ3n) is 6.27. The predicted octanol–water partition coefficient (Wildman–Crippen LogP) is 6.65. The van der Waals surface area contributed by atoms with Gasteiger partial charge in [0.05, 0.1) is 0 Å². The van der Waals surface area contributed by atoms with Gasteiger partial charge in [0.25, 0.3) is 0 Å². The molecule has 0 aromatic heterocycles. The zero-order valence-corrected chi connectivity index (χ0v) is 23.0. The summed E-state index contributed by atoms with van der Waals surface area (Å²) in [5.41, 5.74) is 0. The Hall–Kier alpha value is -0.291. The number of carbonyl (C=O) groups excluding carboxylic acids is 1. The molecule has 1 amide bonds. The summed E-state index contributed by atoms with van der Waals surface area (Å²) in [4.78, 5) is 12.2. The first-order chi connectivity index (χ1) is 13.9. The molecule has 2 N–H and O–H groups in total. The summed E-state index contributed by atoms with van der Waals surface area (Å²) in [6.07, 6.45) is 14.2. The minimum absolute atomic E-state index is 0.00720. The fourth-order valence-corrected chi connectivity index (χ4v) is 18.2. The Kier molecular flexibility index (Phi) is 17.2. The first-order valence-electron chi connectivity index (χ1n) is 12.2. The zero-order chi connectivity index (χ0) is 22.1. The Balaban J connectivity index is 4.77. The van der Waals surface area contributed by atoms with Gasteiger partial charge in [-0.05, 0) is 0 Å². The number of carbonyl (C=O) groups is 1. The number of rotatable bonds is 17. The van der Waals surface area contributed by atoms with Crippen LogP contribution in [0.4, 0.5) is 0 Å². The van der Waals surface area contributed by atoms with E-state index in [9.17, 15) is 9.90 Å². The van der Waals surface area contributed by atoms with Crippen molar-refractivity contribution in [1.29, 1.82) is 0 Å². The maximum atomic E-state index is 12.2. The summed E-state index contributed by atoms with van der Waals surface area (Å²) >= 11 is -2.24. The molecule has 0 radical (unpaired) electrons. The SMILES string of the molecule is CCC[CH2][Sn](/[CH]=C/CNC(=O)/C=C/[C@@H](C)[C@H](O)[C@H](C)CC)([CH2]CCC)[CH2]CCC. The van der Waals surface area contributed by atoms with Gasteiger partial charge in [0, 0.05) is 0 Å². The molecule has 0 spiro atoms. The van der Waals surface area contributed by atoms with Gasteiger partial charge in [0.15, 0.2) is 0 Å². The maximum absolute atomic E-state index is 12.2. The fourth-order valence-electron chi connectivity index (χ4n) is 3.85. The van der Waals surface area contributed by atoms with Crippen LogP contribution in [0.3, 0.4) is 0 Å². The summed E-state index contributed by atoms with van der Waals surface area (Å²) in [7, 11) is 0. The van der Waals surface area contributed by atoms with Crippen LogP contribution in [0.5, 0.6) is 0 Å². The molecule has 3 atom stereocenters. The zero-order valence-electron chi connectivity index (χ0n) is 20.2. The summed E-state index contributed by atoms with van der Waals surface area (Å²) in [6.45, 7) is 13.6. The van der Waals surface area contributed by atoms with Gasteiger partial charge in [-0.2, -0.15) is 0 Å². The van der Waals surface area contributed by atoms with E-state index in [-0.39, 0.29) is 17.7 Å². The van der Waals surface area contributed by atoms with Gasteiger partial charge in [-0.1, -0.05) is 0 Å². The Morgan fingerprint density at radius 3 is 1.93 bits per heavy atom. The predicted molar refractivity (Wildman–Crippen MR) is 131 cm³/mol. The molecule has 0 unspecified atom stereocenters. The van der Waals surface area contributed by atoms with Crippen molar-refractivity contribution in [1.82, 2.24) is 5.32 Å². The first-order valence-corrected chi connectivity index (χ1v) is 19.9. The van der Waals surface area contributed by atoms with E-state index >= 15 is 0 Å². The van der Waals surface area contributed by atoms with Crippen LogP contribution in [0.25, 0.3) is 0 Å². The van der Waals surface area contributed by atoms with Gasteiger partial charge in [-0.15, -0.1) is 0 Å². The van der Waals surface area contributed by atoms with Crippen molar-refractivity contribution in [2.24, 2.45) is 11.8 Å². The molecule has 0 fully saturated rings. The molecule has 29 heavy (non-hydrogen) atoms. The molecule has 4 heteroatoms. The summed E-state index contributed by atoms with van der Waals surface area (Å²) < 4.78 is 6.98. The van der Waals surface area contributed by atoms with Crippen LogP contribution in [0.2, 0.25) is 13.3 Å². The van der Waals surface area contributed by atoms with Crippen molar-refractivity contribution < 1.29 is 9.90 Å². The number of nitrogens with one attached hydrogen (secondary N) is 1. The quantitative estimate of drug-likeness (QED) is 0.169. The van der Waals surface area contributed by atoms with Crippen molar-refractivity contribution >= 4 is 24.3 Å². The molecule has 170 valence electrons. The van der Waals surface area contributed by atoms with Crippen LogP contribution < -0.4 is 5.32 Å². The molecule has 0 heterocycles. The van der Waals surface area contributed by atoms with Gasteiger partial charge in [-0.25, -0.2) is 0 Å². The molecule has 0 saturated carbocycles. The molecule has 0 saturated heterocycles. The van der Waals surface area contributed by atoms with E-state index in [1.165, 1.54) is 51.8 Å². The van der Waals surface area contributed by atoms with Crippen LogP contribution in [-0.4, -0.2) is 42.0 Å². The van der Waals surface area contributed by atoms with Crippen LogP contribution in [0.15, 0.2) is 22.3 Å². The minimum atomic E-state index is -2.24. The molecule has 0 aliphatic carbocycles. The second kappa shape index (κ2) is 17.4. The third-order valence-corrected chi connectivity index (χ3v) is 20.5. The number of aliphatic hydroxyl groups excluding tert-OH is 1. The monoisotopic (exact) mass is 515 g/mol.